The average Bonchev–Trinajstić information content (AvgIpc) is 2.45. The van der Waals surface area contributed by atoms with Crippen LogP contribution in [0.15, 0.2) is 24.3 Å². The van der Waals surface area contributed by atoms with Crippen LogP contribution in [0.1, 0.15) is 12.0 Å². The molecule has 1 aliphatic heterocycles. The highest BCUT2D eigenvalue weighted by Gasteiger charge is 2.26. The molecule has 0 aliphatic carbocycles. The fraction of sp³-hybridized carbons (Fsp3) is 0.429. The molecule has 2 N–H and O–H groups in total. The van der Waals surface area contributed by atoms with Gasteiger partial charge in [-0.3, -0.25) is 9.59 Å². The van der Waals surface area contributed by atoms with Gasteiger partial charge in [0, 0.05) is 19.8 Å². The predicted molar refractivity (Wildman–Crippen MR) is 73.9 cm³/mol. The highest BCUT2D eigenvalue weighted by atomic mass is 16.2. The van der Waals surface area contributed by atoms with Gasteiger partial charge in [0.15, 0.2) is 0 Å². The number of rotatable bonds is 3. The summed E-state index contributed by atoms with van der Waals surface area (Å²) in [6.07, 6.45) is 1.64. The Labute approximate surface area is 113 Å². The lowest BCUT2D eigenvalue weighted by Crippen LogP contribution is -2.46. The van der Waals surface area contributed by atoms with E-state index in [-0.39, 0.29) is 24.4 Å². The van der Waals surface area contributed by atoms with Crippen molar-refractivity contribution < 1.29 is 9.59 Å². The Morgan fingerprint density at radius 2 is 2.16 bits per heavy atom. The summed E-state index contributed by atoms with van der Waals surface area (Å²) in [5.74, 6) is -0.204. The number of hydrogen-bond acceptors (Lipinski definition) is 3. The van der Waals surface area contributed by atoms with Crippen LogP contribution < -0.4 is 10.6 Å². The molecule has 0 fully saturated rings. The van der Waals surface area contributed by atoms with Crippen LogP contribution in [0.25, 0.3) is 0 Å². The lowest BCUT2D eigenvalue weighted by Gasteiger charge is -2.29. The first-order chi connectivity index (χ1) is 9.11. The van der Waals surface area contributed by atoms with Crippen LogP contribution in [0.4, 0.5) is 5.69 Å². The van der Waals surface area contributed by atoms with Crippen LogP contribution >= 0.6 is 0 Å². The van der Waals surface area contributed by atoms with Gasteiger partial charge in [0.25, 0.3) is 0 Å². The molecule has 1 aliphatic rings. The van der Waals surface area contributed by atoms with Crippen molar-refractivity contribution in [3.8, 4) is 0 Å². The molecule has 5 nitrogen and oxygen atoms in total. The lowest BCUT2D eigenvalue weighted by atomic mass is 9.97. The van der Waals surface area contributed by atoms with E-state index in [1.54, 1.807) is 14.1 Å². The second-order valence-electron chi connectivity index (χ2n) is 4.76. The van der Waals surface area contributed by atoms with Crippen molar-refractivity contribution in [1.29, 1.82) is 0 Å². The fourth-order valence-corrected chi connectivity index (χ4v) is 2.26. The molecule has 0 radical (unpaired) electrons. The maximum atomic E-state index is 12.2. The first-order valence-corrected chi connectivity index (χ1v) is 6.42. The summed E-state index contributed by atoms with van der Waals surface area (Å²) in [5.41, 5.74) is 2.25. The van der Waals surface area contributed by atoms with Crippen LogP contribution in [-0.4, -0.2) is 43.4 Å². The number of carbonyl (C=O) groups is 2. The van der Waals surface area contributed by atoms with Gasteiger partial charge in [0.05, 0.1) is 6.54 Å². The van der Waals surface area contributed by atoms with E-state index in [9.17, 15) is 9.59 Å². The maximum absolute atomic E-state index is 12.2. The summed E-state index contributed by atoms with van der Waals surface area (Å²) in [4.78, 5) is 25.0. The zero-order valence-electron chi connectivity index (χ0n) is 11.3. The number of nitrogens with one attached hydrogen (secondary N) is 2. The van der Waals surface area contributed by atoms with Crippen LogP contribution in [0.2, 0.25) is 0 Å². The summed E-state index contributed by atoms with van der Waals surface area (Å²) in [5, 5.41) is 5.76. The molecular formula is C14H19N3O2. The minimum absolute atomic E-state index is 0.0434. The second-order valence-corrected chi connectivity index (χ2v) is 4.76. The van der Waals surface area contributed by atoms with Gasteiger partial charge in [-0.1, -0.05) is 18.2 Å². The molecule has 1 unspecified atom stereocenters. The number of hydrogen-bond donors (Lipinski definition) is 2. The predicted octanol–water partition coefficient (Wildman–Crippen LogP) is 0.618. The summed E-state index contributed by atoms with van der Waals surface area (Å²) in [7, 11) is 3.22. The van der Waals surface area contributed by atoms with E-state index in [0.29, 0.717) is 0 Å². The second kappa shape index (κ2) is 5.73. The molecule has 0 saturated carbocycles. The van der Waals surface area contributed by atoms with E-state index in [4.69, 9.17) is 0 Å². The van der Waals surface area contributed by atoms with E-state index in [1.165, 1.54) is 10.5 Å². The molecule has 102 valence electrons. The normalized spacial score (nSPS) is 17.1. The third-order valence-electron chi connectivity index (χ3n) is 3.38. The van der Waals surface area contributed by atoms with Crippen LogP contribution in [-0.2, 0) is 16.0 Å². The molecule has 2 rings (SSSR count). The standard InChI is InChI=1S/C14H19N3O2/c1-15-13(18)9-17(2)14(19)12-8-7-10-5-3-4-6-11(10)16-12/h3-6,12,16H,7-9H2,1-2H3,(H,15,18). The van der Waals surface area contributed by atoms with E-state index in [1.807, 2.05) is 18.2 Å². The Hall–Kier alpha value is -2.04. The van der Waals surface area contributed by atoms with Crippen molar-refractivity contribution in [2.24, 2.45) is 0 Å². The lowest BCUT2D eigenvalue weighted by molar-refractivity contribution is -0.135. The van der Waals surface area contributed by atoms with Gasteiger partial charge in [-0.05, 0) is 24.5 Å². The Kier molecular flexibility index (Phi) is 4.04. The molecule has 2 amide bonds. The highest BCUT2D eigenvalue weighted by molar-refractivity contribution is 5.89. The molecule has 1 aromatic carbocycles. The molecule has 0 aromatic heterocycles. The van der Waals surface area contributed by atoms with Gasteiger partial charge in [-0.15, -0.1) is 0 Å². The van der Waals surface area contributed by atoms with E-state index in [0.717, 1.165) is 18.5 Å². The van der Waals surface area contributed by atoms with Crippen molar-refractivity contribution in [3.05, 3.63) is 29.8 Å². The number of fused-ring (bicyclic) bond motifs is 1. The van der Waals surface area contributed by atoms with Gasteiger partial charge >= 0.3 is 0 Å². The molecule has 1 atom stereocenters. The summed E-state index contributed by atoms with van der Waals surface area (Å²) < 4.78 is 0. The number of benzene rings is 1. The van der Waals surface area contributed by atoms with Gasteiger partial charge in [0.1, 0.15) is 6.04 Å². The molecule has 19 heavy (non-hydrogen) atoms. The maximum Gasteiger partial charge on any atom is 0.245 e. The topological polar surface area (TPSA) is 61.4 Å². The van der Waals surface area contributed by atoms with Crippen molar-refractivity contribution in [2.45, 2.75) is 18.9 Å². The number of aryl methyl sites for hydroxylation is 1. The van der Waals surface area contributed by atoms with Crippen molar-refractivity contribution in [1.82, 2.24) is 10.2 Å². The average molecular weight is 261 g/mol. The van der Waals surface area contributed by atoms with Gasteiger partial charge in [-0.2, -0.15) is 0 Å². The number of anilines is 1. The molecule has 1 heterocycles. The van der Waals surface area contributed by atoms with Crippen molar-refractivity contribution in [2.75, 3.05) is 26.0 Å². The Morgan fingerprint density at radius 3 is 2.89 bits per heavy atom. The summed E-state index contributed by atoms with van der Waals surface area (Å²) in [6.45, 7) is 0.0924. The van der Waals surface area contributed by atoms with Gasteiger partial charge in [0.2, 0.25) is 11.8 Å². The van der Waals surface area contributed by atoms with Crippen molar-refractivity contribution >= 4 is 17.5 Å². The monoisotopic (exact) mass is 261 g/mol. The third kappa shape index (κ3) is 3.05. The summed E-state index contributed by atoms with van der Waals surface area (Å²) >= 11 is 0. The molecule has 0 bridgehead atoms. The first kappa shape index (κ1) is 13.4. The SMILES string of the molecule is CNC(=O)CN(C)C(=O)C1CCc2ccccc2N1. The zero-order valence-corrected chi connectivity index (χ0v) is 11.3. The molecule has 0 saturated heterocycles. The fourth-order valence-electron chi connectivity index (χ4n) is 2.26. The van der Waals surface area contributed by atoms with E-state index >= 15 is 0 Å². The zero-order chi connectivity index (χ0) is 13.8. The molecule has 0 spiro atoms. The Bertz CT molecular complexity index is 487. The number of carbonyl (C=O) groups excluding carboxylic acids is 2. The number of para-hydroxylation sites is 1. The summed E-state index contributed by atoms with van der Waals surface area (Å²) in [6, 6.07) is 7.75. The minimum Gasteiger partial charge on any atom is -0.373 e. The van der Waals surface area contributed by atoms with Gasteiger partial charge < -0.3 is 15.5 Å². The minimum atomic E-state index is -0.246. The molecule has 1 aromatic rings. The van der Waals surface area contributed by atoms with Crippen LogP contribution in [0.3, 0.4) is 0 Å². The van der Waals surface area contributed by atoms with E-state index < -0.39 is 0 Å². The smallest absolute Gasteiger partial charge is 0.245 e. The largest absolute Gasteiger partial charge is 0.373 e. The van der Waals surface area contributed by atoms with E-state index in [2.05, 4.69) is 16.7 Å². The number of amides is 2. The number of likely N-dealkylation sites (N-methyl/N-ethyl adjacent to an activating group) is 2. The highest BCUT2D eigenvalue weighted by Crippen LogP contribution is 2.24. The van der Waals surface area contributed by atoms with Crippen molar-refractivity contribution in [3.63, 3.8) is 0 Å². The molecular weight excluding hydrogens is 242 g/mol. The van der Waals surface area contributed by atoms with Crippen LogP contribution in [0, 0.1) is 0 Å². The quantitative estimate of drug-likeness (QED) is 0.838. The van der Waals surface area contributed by atoms with Crippen LogP contribution in [0.5, 0.6) is 0 Å². The van der Waals surface area contributed by atoms with Gasteiger partial charge in [-0.25, -0.2) is 0 Å². The Balaban J connectivity index is 2.00. The Morgan fingerprint density at radius 1 is 1.42 bits per heavy atom. The third-order valence-corrected chi connectivity index (χ3v) is 3.38. The molecule has 5 heteroatoms. The number of nitrogens with zero attached hydrogens (tertiary/aromatic N) is 1. The first-order valence-electron chi connectivity index (χ1n) is 6.42.